The molecule has 3 aliphatic rings. The van der Waals surface area contributed by atoms with Gasteiger partial charge in [-0.3, -0.25) is 9.78 Å². The van der Waals surface area contributed by atoms with E-state index in [0.717, 1.165) is 29.4 Å². The highest BCUT2D eigenvalue weighted by Crippen LogP contribution is 2.65. The first-order chi connectivity index (χ1) is 9.29. The van der Waals surface area contributed by atoms with Crippen LogP contribution in [0.15, 0.2) is 18.5 Å². The Bertz CT molecular complexity index is 514. The Kier molecular flexibility index (Phi) is 2.34. The maximum atomic E-state index is 12.3. The zero-order chi connectivity index (χ0) is 13.0. The van der Waals surface area contributed by atoms with Gasteiger partial charge in [0.25, 0.3) is 5.91 Å². The standard InChI is InChI=1S/C15H19N3O/c1-16-11-4-5-17-7-10(11)15(19)18-14-12-8-2-3-9(6-8)13(12)14/h4-5,7-9,12-14H,2-3,6H2,1H3,(H,16,17)(H,18,19). The summed E-state index contributed by atoms with van der Waals surface area (Å²) >= 11 is 0. The molecule has 4 unspecified atom stereocenters. The lowest BCUT2D eigenvalue weighted by molar-refractivity contribution is 0.0944. The van der Waals surface area contributed by atoms with Gasteiger partial charge in [-0.05, 0) is 49.0 Å². The molecule has 1 aromatic rings. The van der Waals surface area contributed by atoms with Crippen LogP contribution < -0.4 is 10.6 Å². The maximum absolute atomic E-state index is 12.3. The van der Waals surface area contributed by atoms with Crippen molar-refractivity contribution < 1.29 is 4.79 Å². The fourth-order valence-corrected chi connectivity index (χ4v) is 4.54. The molecular formula is C15H19N3O. The van der Waals surface area contributed by atoms with Crippen molar-refractivity contribution >= 4 is 11.6 Å². The van der Waals surface area contributed by atoms with Crippen molar-refractivity contribution in [3.8, 4) is 0 Å². The van der Waals surface area contributed by atoms with Crippen LogP contribution in [-0.2, 0) is 0 Å². The van der Waals surface area contributed by atoms with Crippen LogP contribution >= 0.6 is 0 Å². The fraction of sp³-hybridized carbons (Fsp3) is 0.600. The molecule has 1 amide bonds. The summed E-state index contributed by atoms with van der Waals surface area (Å²) in [5.74, 6) is 3.35. The highest BCUT2D eigenvalue weighted by Gasteiger charge is 2.65. The zero-order valence-corrected chi connectivity index (χ0v) is 11.1. The summed E-state index contributed by atoms with van der Waals surface area (Å²) in [6, 6.07) is 2.27. The van der Waals surface area contributed by atoms with E-state index in [4.69, 9.17) is 0 Å². The second kappa shape index (κ2) is 3.95. The second-order valence-corrected chi connectivity index (χ2v) is 6.16. The summed E-state index contributed by atoms with van der Waals surface area (Å²) in [5, 5.41) is 6.28. The minimum absolute atomic E-state index is 0.0243. The minimum atomic E-state index is 0.0243. The molecule has 1 heterocycles. The van der Waals surface area contributed by atoms with Gasteiger partial charge < -0.3 is 10.6 Å². The Labute approximate surface area is 113 Å². The number of carbonyl (C=O) groups excluding carboxylic acids is 1. The Hall–Kier alpha value is -1.58. The van der Waals surface area contributed by atoms with E-state index >= 15 is 0 Å². The molecule has 3 fully saturated rings. The molecule has 3 saturated carbocycles. The van der Waals surface area contributed by atoms with Crippen molar-refractivity contribution in [2.45, 2.75) is 25.3 Å². The molecule has 4 atom stereocenters. The van der Waals surface area contributed by atoms with E-state index in [0.29, 0.717) is 11.6 Å². The number of nitrogens with one attached hydrogen (secondary N) is 2. The molecule has 100 valence electrons. The summed E-state index contributed by atoms with van der Waals surface area (Å²) in [5.41, 5.74) is 1.50. The van der Waals surface area contributed by atoms with Gasteiger partial charge in [0.15, 0.2) is 0 Å². The van der Waals surface area contributed by atoms with E-state index in [1.165, 1.54) is 19.3 Å². The third-order valence-corrected chi connectivity index (χ3v) is 5.37. The number of hydrogen-bond donors (Lipinski definition) is 2. The van der Waals surface area contributed by atoms with Crippen LogP contribution in [0.2, 0.25) is 0 Å². The Balaban J connectivity index is 1.48. The SMILES string of the molecule is CNc1ccncc1C(=O)NC1C2C3CCC(C3)C12. The van der Waals surface area contributed by atoms with Gasteiger partial charge in [-0.2, -0.15) is 0 Å². The van der Waals surface area contributed by atoms with Crippen LogP contribution in [0, 0.1) is 23.7 Å². The predicted octanol–water partition coefficient (Wildman–Crippen LogP) is 1.90. The monoisotopic (exact) mass is 257 g/mol. The van der Waals surface area contributed by atoms with Gasteiger partial charge in [0, 0.05) is 31.2 Å². The number of amides is 1. The number of pyridine rings is 1. The number of hydrogen-bond acceptors (Lipinski definition) is 3. The normalized spacial score (nSPS) is 37.8. The number of anilines is 1. The van der Waals surface area contributed by atoms with Crippen molar-refractivity contribution in [3.05, 3.63) is 24.0 Å². The summed E-state index contributed by atoms with van der Waals surface area (Å²) in [4.78, 5) is 16.4. The highest BCUT2D eigenvalue weighted by atomic mass is 16.1. The van der Waals surface area contributed by atoms with Gasteiger partial charge in [0.05, 0.1) is 5.56 Å². The zero-order valence-electron chi connectivity index (χ0n) is 11.1. The van der Waals surface area contributed by atoms with Gasteiger partial charge in [0.1, 0.15) is 0 Å². The molecule has 1 aromatic heterocycles. The topological polar surface area (TPSA) is 54.0 Å². The third-order valence-electron chi connectivity index (χ3n) is 5.37. The molecule has 3 aliphatic carbocycles. The highest BCUT2D eigenvalue weighted by molar-refractivity contribution is 5.99. The first-order valence-electron chi connectivity index (χ1n) is 7.22. The quantitative estimate of drug-likeness (QED) is 0.869. The first kappa shape index (κ1) is 11.3. The number of aromatic nitrogens is 1. The van der Waals surface area contributed by atoms with Crippen LogP contribution in [0.4, 0.5) is 5.69 Å². The average Bonchev–Trinajstić information content (AvgIpc) is 2.85. The van der Waals surface area contributed by atoms with Crippen LogP contribution in [-0.4, -0.2) is 24.0 Å². The largest absolute Gasteiger partial charge is 0.387 e. The number of nitrogens with zero attached hydrogens (tertiary/aromatic N) is 1. The van der Waals surface area contributed by atoms with E-state index in [1.807, 2.05) is 13.1 Å². The van der Waals surface area contributed by atoms with Gasteiger partial charge in [-0.1, -0.05) is 0 Å². The number of carbonyl (C=O) groups is 1. The van der Waals surface area contributed by atoms with Crippen molar-refractivity contribution in [3.63, 3.8) is 0 Å². The molecule has 4 nitrogen and oxygen atoms in total. The van der Waals surface area contributed by atoms with Crippen molar-refractivity contribution in [2.75, 3.05) is 12.4 Å². The van der Waals surface area contributed by atoms with Crippen LogP contribution in [0.1, 0.15) is 29.6 Å². The predicted molar refractivity (Wildman–Crippen MR) is 72.8 cm³/mol. The van der Waals surface area contributed by atoms with E-state index in [-0.39, 0.29) is 5.91 Å². The van der Waals surface area contributed by atoms with E-state index < -0.39 is 0 Å². The summed E-state index contributed by atoms with van der Waals surface area (Å²) in [7, 11) is 1.83. The van der Waals surface area contributed by atoms with Crippen LogP contribution in [0.25, 0.3) is 0 Å². The van der Waals surface area contributed by atoms with E-state index in [9.17, 15) is 4.79 Å². The lowest BCUT2D eigenvalue weighted by Crippen LogP contribution is -2.30. The Morgan fingerprint density at radius 3 is 2.74 bits per heavy atom. The lowest BCUT2D eigenvalue weighted by atomic mass is 10.0. The van der Waals surface area contributed by atoms with Crippen molar-refractivity contribution in [2.24, 2.45) is 23.7 Å². The molecule has 2 N–H and O–H groups in total. The summed E-state index contributed by atoms with van der Waals surface area (Å²) in [6.07, 6.45) is 7.53. The van der Waals surface area contributed by atoms with Crippen molar-refractivity contribution in [1.82, 2.24) is 10.3 Å². The molecule has 0 spiro atoms. The van der Waals surface area contributed by atoms with Crippen LogP contribution in [0.3, 0.4) is 0 Å². The maximum Gasteiger partial charge on any atom is 0.255 e. The third kappa shape index (κ3) is 1.58. The van der Waals surface area contributed by atoms with Gasteiger partial charge in [-0.15, -0.1) is 0 Å². The van der Waals surface area contributed by atoms with Gasteiger partial charge in [0.2, 0.25) is 0 Å². The average molecular weight is 257 g/mol. The summed E-state index contributed by atoms with van der Waals surface area (Å²) in [6.45, 7) is 0. The smallest absolute Gasteiger partial charge is 0.255 e. The van der Waals surface area contributed by atoms with Gasteiger partial charge >= 0.3 is 0 Å². The minimum Gasteiger partial charge on any atom is -0.387 e. The molecule has 19 heavy (non-hydrogen) atoms. The Morgan fingerprint density at radius 1 is 1.32 bits per heavy atom. The molecule has 2 bridgehead atoms. The molecule has 0 radical (unpaired) electrons. The number of fused-ring (bicyclic) bond motifs is 5. The molecular weight excluding hydrogens is 238 g/mol. The fourth-order valence-electron chi connectivity index (χ4n) is 4.54. The molecule has 4 rings (SSSR count). The van der Waals surface area contributed by atoms with E-state index in [1.54, 1.807) is 12.4 Å². The van der Waals surface area contributed by atoms with Crippen LogP contribution in [0.5, 0.6) is 0 Å². The van der Waals surface area contributed by atoms with E-state index in [2.05, 4.69) is 15.6 Å². The molecule has 0 saturated heterocycles. The van der Waals surface area contributed by atoms with Gasteiger partial charge in [-0.25, -0.2) is 0 Å². The molecule has 4 heteroatoms. The lowest BCUT2D eigenvalue weighted by Gasteiger charge is -2.12. The second-order valence-electron chi connectivity index (χ2n) is 6.16. The first-order valence-corrected chi connectivity index (χ1v) is 7.22. The number of rotatable bonds is 3. The Morgan fingerprint density at radius 2 is 2.05 bits per heavy atom. The molecule has 0 aliphatic heterocycles. The summed E-state index contributed by atoms with van der Waals surface area (Å²) < 4.78 is 0. The molecule has 0 aromatic carbocycles. The van der Waals surface area contributed by atoms with Crippen molar-refractivity contribution in [1.29, 1.82) is 0 Å².